The molecule has 218 valence electrons. The third-order valence-corrected chi connectivity index (χ3v) is 9.75. The SMILES string of the molecule is Nc1nc(C2(C(Cc3ccccc3)N3CCCCC3)CC(=O)N(Cc3ccccc3)CC2c2ccc(F)c(F)c2)cs1. The number of nitrogens with two attached hydrogens (primary N) is 1. The molecule has 0 radical (unpaired) electrons. The lowest BCUT2D eigenvalue weighted by Gasteiger charge is -2.54. The highest BCUT2D eigenvalue weighted by Crippen LogP contribution is 2.51. The second-order valence-corrected chi connectivity index (χ2v) is 12.5. The van der Waals surface area contributed by atoms with Gasteiger partial charge in [-0.25, -0.2) is 13.8 Å². The highest BCUT2D eigenvalue weighted by Gasteiger charge is 2.56. The first-order valence-electron chi connectivity index (χ1n) is 14.7. The molecule has 3 unspecified atom stereocenters. The highest BCUT2D eigenvalue weighted by molar-refractivity contribution is 7.13. The Kier molecular flexibility index (Phi) is 8.36. The van der Waals surface area contributed by atoms with Crippen LogP contribution in [0.1, 0.15) is 54.0 Å². The molecule has 5 nitrogen and oxygen atoms in total. The molecule has 2 saturated heterocycles. The summed E-state index contributed by atoms with van der Waals surface area (Å²) < 4.78 is 29.2. The van der Waals surface area contributed by atoms with Gasteiger partial charge in [0.25, 0.3) is 0 Å². The lowest BCUT2D eigenvalue weighted by atomic mass is 9.59. The van der Waals surface area contributed by atoms with Crippen molar-refractivity contribution >= 4 is 22.4 Å². The third-order valence-electron chi connectivity index (χ3n) is 9.08. The first-order chi connectivity index (χ1) is 20.4. The van der Waals surface area contributed by atoms with E-state index in [1.165, 1.54) is 35.5 Å². The largest absolute Gasteiger partial charge is 0.375 e. The molecule has 1 aromatic heterocycles. The summed E-state index contributed by atoms with van der Waals surface area (Å²) in [5.74, 6) is -2.08. The number of aromatic nitrogens is 1. The average Bonchev–Trinajstić information content (AvgIpc) is 3.46. The van der Waals surface area contributed by atoms with Crippen LogP contribution in [0.4, 0.5) is 13.9 Å². The van der Waals surface area contributed by atoms with Crippen molar-refractivity contribution in [1.29, 1.82) is 0 Å². The first-order valence-corrected chi connectivity index (χ1v) is 15.6. The number of amides is 1. The molecule has 3 aromatic carbocycles. The summed E-state index contributed by atoms with van der Waals surface area (Å²) in [5, 5.41) is 2.41. The van der Waals surface area contributed by atoms with Gasteiger partial charge >= 0.3 is 0 Å². The van der Waals surface area contributed by atoms with Gasteiger partial charge in [-0.15, -0.1) is 11.3 Å². The van der Waals surface area contributed by atoms with Crippen molar-refractivity contribution in [1.82, 2.24) is 14.8 Å². The predicted octanol–water partition coefficient (Wildman–Crippen LogP) is 6.55. The molecule has 3 atom stereocenters. The van der Waals surface area contributed by atoms with Gasteiger partial charge in [0.1, 0.15) is 0 Å². The topological polar surface area (TPSA) is 62.5 Å². The zero-order valence-corrected chi connectivity index (χ0v) is 24.4. The van der Waals surface area contributed by atoms with Crippen molar-refractivity contribution in [3.63, 3.8) is 0 Å². The Morgan fingerprint density at radius 3 is 2.26 bits per heavy atom. The molecule has 8 heteroatoms. The van der Waals surface area contributed by atoms with Gasteiger partial charge in [0.2, 0.25) is 5.91 Å². The van der Waals surface area contributed by atoms with Gasteiger partial charge in [-0.1, -0.05) is 73.2 Å². The van der Waals surface area contributed by atoms with Crippen molar-refractivity contribution in [2.75, 3.05) is 25.4 Å². The van der Waals surface area contributed by atoms with Crippen molar-refractivity contribution in [3.05, 3.63) is 118 Å². The minimum Gasteiger partial charge on any atom is -0.375 e. The summed E-state index contributed by atoms with van der Waals surface area (Å²) in [5.41, 5.74) is 9.07. The maximum atomic E-state index is 14.9. The van der Waals surface area contributed by atoms with E-state index in [9.17, 15) is 13.6 Å². The molecule has 42 heavy (non-hydrogen) atoms. The average molecular weight is 587 g/mol. The standard InChI is InChI=1S/C34H36F2N4OS/c35-28-15-14-26(19-29(28)36)27-22-40(21-25-12-6-2-7-13-25)32(41)20-34(27,30-23-42-33(37)38-30)31(39-16-8-3-9-17-39)18-24-10-4-1-5-11-24/h1-2,4-7,10-15,19,23,27,31H,3,8-9,16-18,20-22H2,(H2,37,38). The van der Waals surface area contributed by atoms with Crippen molar-refractivity contribution < 1.29 is 13.6 Å². The Bertz CT molecular complexity index is 1510. The summed E-state index contributed by atoms with van der Waals surface area (Å²) in [7, 11) is 0. The summed E-state index contributed by atoms with van der Waals surface area (Å²) in [6.07, 6.45) is 4.21. The Morgan fingerprint density at radius 1 is 0.929 bits per heavy atom. The van der Waals surface area contributed by atoms with Gasteiger partial charge in [0, 0.05) is 42.3 Å². The van der Waals surface area contributed by atoms with Crippen LogP contribution in [-0.2, 0) is 23.2 Å². The molecule has 0 saturated carbocycles. The number of halogens is 2. The number of piperidine rings is 2. The van der Waals surface area contributed by atoms with Crippen LogP contribution in [-0.4, -0.2) is 46.4 Å². The van der Waals surface area contributed by atoms with Crippen molar-refractivity contribution in [2.45, 2.75) is 56.0 Å². The summed E-state index contributed by atoms with van der Waals surface area (Å²) in [6.45, 7) is 2.62. The summed E-state index contributed by atoms with van der Waals surface area (Å²) >= 11 is 1.36. The second kappa shape index (κ2) is 12.3. The van der Waals surface area contributed by atoms with E-state index in [0.717, 1.165) is 37.2 Å². The number of rotatable bonds is 8. The molecule has 0 bridgehead atoms. The van der Waals surface area contributed by atoms with Crippen LogP contribution < -0.4 is 5.73 Å². The maximum absolute atomic E-state index is 14.9. The fourth-order valence-electron chi connectivity index (χ4n) is 7.05. The molecular formula is C34H36F2N4OS. The van der Waals surface area contributed by atoms with Crippen LogP contribution in [0.15, 0.2) is 84.2 Å². The molecule has 4 aromatic rings. The number of benzene rings is 3. The summed E-state index contributed by atoms with van der Waals surface area (Å²) in [4.78, 5) is 23.5. The monoisotopic (exact) mass is 586 g/mol. The molecule has 2 aliphatic heterocycles. The van der Waals surface area contributed by atoms with Gasteiger partial charge in [-0.2, -0.15) is 0 Å². The summed E-state index contributed by atoms with van der Waals surface area (Å²) in [6, 6.07) is 24.3. The van der Waals surface area contributed by atoms with E-state index < -0.39 is 17.0 Å². The van der Waals surface area contributed by atoms with E-state index in [1.54, 1.807) is 6.07 Å². The fourth-order valence-corrected chi connectivity index (χ4v) is 7.71. The van der Waals surface area contributed by atoms with Crippen LogP contribution in [0.25, 0.3) is 0 Å². The molecule has 3 heterocycles. The van der Waals surface area contributed by atoms with Crippen LogP contribution in [0.5, 0.6) is 0 Å². The van der Waals surface area contributed by atoms with Crippen LogP contribution in [0.3, 0.4) is 0 Å². The predicted molar refractivity (Wildman–Crippen MR) is 163 cm³/mol. The van der Waals surface area contributed by atoms with E-state index in [4.69, 9.17) is 10.7 Å². The zero-order valence-electron chi connectivity index (χ0n) is 23.6. The molecule has 2 aliphatic rings. The molecule has 2 fully saturated rings. The molecular weight excluding hydrogens is 550 g/mol. The Labute approximate surface area is 250 Å². The number of hydrogen-bond acceptors (Lipinski definition) is 5. The normalized spacial score (nSPS) is 22.3. The number of anilines is 1. The number of carbonyl (C=O) groups is 1. The number of nitrogen functional groups attached to an aromatic ring is 1. The number of likely N-dealkylation sites (tertiary alicyclic amines) is 2. The van der Waals surface area contributed by atoms with Crippen molar-refractivity contribution in [2.24, 2.45) is 0 Å². The van der Waals surface area contributed by atoms with E-state index in [0.29, 0.717) is 30.2 Å². The molecule has 2 N–H and O–H groups in total. The van der Waals surface area contributed by atoms with Gasteiger partial charge in [-0.3, -0.25) is 9.69 Å². The lowest BCUT2D eigenvalue weighted by Crippen LogP contribution is -2.62. The van der Waals surface area contributed by atoms with E-state index in [-0.39, 0.29) is 24.3 Å². The molecule has 0 aliphatic carbocycles. The quantitative estimate of drug-likeness (QED) is 0.254. The fraction of sp³-hybridized carbons (Fsp3) is 0.353. The molecule has 1 amide bonds. The number of hydrogen-bond donors (Lipinski definition) is 1. The van der Waals surface area contributed by atoms with E-state index >= 15 is 0 Å². The highest BCUT2D eigenvalue weighted by atomic mass is 32.1. The van der Waals surface area contributed by atoms with E-state index in [1.807, 2.05) is 58.8 Å². The van der Waals surface area contributed by atoms with Gasteiger partial charge in [0.15, 0.2) is 16.8 Å². The van der Waals surface area contributed by atoms with Gasteiger partial charge in [0.05, 0.1) is 5.69 Å². The number of thiazole rings is 1. The Hall–Kier alpha value is -3.62. The second-order valence-electron chi connectivity index (χ2n) is 11.6. The Balaban J connectivity index is 1.53. The number of nitrogens with zero attached hydrogens (tertiary/aromatic N) is 3. The van der Waals surface area contributed by atoms with Gasteiger partial charge in [-0.05, 0) is 61.2 Å². The van der Waals surface area contributed by atoms with Crippen LogP contribution >= 0.6 is 11.3 Å². The molecule has 0 spiro atoms. The van der Waals surface area contributed by atoms with E-state index in [2.05, 4.69) is 17.0 Å². The lowest BCUT2D eigenvalue weighted by molar-refractivity contribution is -0.139. The smallest absolute Gasteiger partial charge is 0.223 e. The minimum atomic E-state index is -0.886. The van der Waals surface area contributed by atoms with Crippen LogP contribution in [0, 0.1) is 11.6 Å². The number of carbonyl (C=O) groups excluding carboxylic acids is 1. The Morgan fingerprint density at radius 2 is 1.62 bits per heavy atom. The van der Waals surface area contributed by atoms with Crippen molar-refractivity contribution in [3.8, 4) is 0 Å². The molecule has 6 rings (SSSR count). The van der Waals surface area contributed by atoms with Crippen LogP contribution in [0.2, 0.25) is 0 Å². The first kappa shape index (κ1) is 28.5. The maximum Gasteiger partial charge on any atom is 0.223 e. The van der Waals surface area contributed by atoms with Gasteiger partial charge < -0.3 is 10.6 Å². The zero-order chi connectivity index (χ0) is 29.1. The minimum absolute atomic E-state index is 0.0272. The third kappa shape index (κ3) is 5.70.